The third-order valence-corrected chi connectivity index (χ3v) is 5.77. The average molecular weight is 380 g/mol. The Morgan fingerprint density at radius 2 is 1.96 bits per heavy atom. The Hall–Kier alpha value is -2.66. The van der Waals surface area contributed by atoms with E-state index < -0.39 is 5.97 Å². The molecule has 1 unspecified atom stereocenters. The third-order valence-electron chi connectivity index (χ3n) is 5.77. The zero-order chi connectivity index (χ0) is 19.8. The molecule has 1 N–H and O–H groups in total. The molecule has 1 atom stereocenters. The molecule has 1 aliphatic rings. The monoisotopic (exact) mass is 380 g/mol. The molecule has 0 amide bonds. The second kappa shape index (κ2) is 7.40. The Bertz CT molecular complexity index is 1020. The first-order chi connectivity index (χ1) is 13.4. The number of benzene rings is 2. The number of aryl methyl sites for hydroxylation is 1. The normalized spacial score (nSPS) is 15.5. The summed E-state index contributed by atoms with van der Waals surface area (Å²) in [7, 11) is 2.13. The second-order valence-corrected chi connectivity index (χ2v) is 7.89. The molecule has 0 aliphatic carbocycles. The van der Waals surface area contributed by atoms with Gasteiger partial charge in [-0.3, -0.25) is 4.79 Å². The van der Waals surface area contributed by atoms with Gasteiger partial charge < -0.3 is 14.6 Å². The number of carboxylic acid groups (broad SMARTS) is 1. The minimum Gasteiger partial charge on any atom is -0.481 e. The molecule has 5 heteroatoms. The van der Waals surface area contributed by atoms with Crippen LogP contribution in [0.4, 0.5) is 4.39 Å². The zero-order valence-corrected chi connectivity index (χ0v) is 16.3. The molecule has 0 saturated heterocycles. The van der Waals surface area contributed by atoms with Crippen molar-refractivity contribution in [2.75, 3.05) is 13.6 Å². The third kappa shape index (κ3) is 3.54. The molecular weight excluding hydrogens is 355 g/mol. The van der Waals surface area contributed by atoms with Crippen LogP contribution < -0.4 is 0 Å². The molecule has 1 aliphatic heterocycles. The van der Waals surface area contributed by atoms with E-state index in [9.17, 15) is 14.3 Å². The van der Waals surface area contributed by atoms with E-state index in [-0.39, 0.29) is 18.2 Å². The van der Waals surface area contributed by atoms with Crippen molar-refractivity contribution >= 4 is 16.9 Å². The predicted octanol–water partition coefficient (Wildman–Crippen LogP) is 4.34. The minimum atomic E-state index is -0.838. The van der Waals surface area contributed by atoms with Crippen LogP contribution in [0.3, 0.4) is 0 Å². The van der Waals surface area contributed by atoms with Gasteiger partial charge in [-0.1, -0.05) is 23.8 Å². The van der Waals surface area contributed by atoms with Crippen molar-refractivity contribution in [1.82, 2.24) is 9.47 Å². The van der Waals surface area contributed by atoms with Crippen molar-refractivity contribution < 1.29 is 14.3 Å². The number of hydrogen-bond acceptors (Lipinski definition) is 2. The number of nitrogens with zero attached hydrogens (tertiary/aromatic N) is 2. The van der Waals surface area contributed by atoms with Crippen LogP contribution in [0, 0.1) is 12.7 Å². The lowest BCUT2D eigenvalue weighted by molar-refractivity contribution is -0.137. The molecule has 4 nitrogen and oxygen atoms in total. The molecule has 0 radical (unpaired) electrons. The fourth-order valence-electron chi connectivity index (χ4n) is 4.36. The summed E-state index contributed by atoms with van der Waals surface area (Å²) in [5.41, 5.74) is 5.89. The number of aliphatic carboxylic acids is 1. The van der Waals surface area contributed by atoms with Gasteiger partial charge in [0.15, 0.2) is 0 Å². The molecule has 2 aromatic carbocycles. The molecule has 0 saturated carbocycles. The van der Waals surface area contributed by atoms with Crippen molar-refractivity contribution in [1.29, 1.82) is 0 Å². The van der Waals surface area contributed by atoms with Crippen molar-refractivity contribution in [3.8, 4) is 0 Å². The van der Waals surface area contributed by atoms with E-state index in [1.807, 2.05) is 0 Å². The maximum absolute atomic E-state index is 13.4. The average Bonchev–Trinajstić information content (AvgIpc) is 2.94. The molecule has 0 fully saturated rings. The molecule has 4 rings (SSSR count). The van der Waals surface area contributed by atoms with E-state index >= 15 is 0 Å². The lowest BCUT2D eigenvalue weighted by atomic mass is 9.95. The van der Waals surface area contributed by atoms with Gasteiger partial charge in [0, 0.05) is 48.6 Å². The van der Waals surface area contributed by atoms with Crippen LogP contribution in [0.15, 0.2) is 42.5 Å². The van der Waals surface area contributed by atoms with Gasteiger partial charge in [-0.25, -0.2) is 4.39 Å². The highest BCUT2D eigenvalue weighted by Crippen LogP contribution is 2.34. The minimum absolute atomic E-state index is 0.0197. The first-order valence-corrected chi connectivity index (χ1v) is 9.69. The molecule has 28 heavy (non-hydrogen) atoms. The predicted molar refractivity (Wildman–Crippen MR) is 108 cm³/mol. The Morgan fingerprint density at radius 3 is 2.68 bits per heavy atom. The van der Waals surface area contributed by atoms with Crippen LogP contribution in [-0.2, 0) is 24.3 Å². The highest BCUT2D eigenvalue weighted by molar-refractivity contribution is 5.86. The van der Waals surface area contributed by atoms with Crippen LogP contribution in [0.25, 0.3) is 10.9 Å². The van der Waals surface area contributed by atoms with Gasteiger partial charge >= 0.3 is 5.97 Å². The lowest BCUT2D eigenvalue weighted by Gasteiger charge is -2.25. The highest BCUT2D eigenvalue weighted by atomic mass is 19.1. The molecule has 3 aromatic rings. The van der Waals surface area contributed by atoms with E-state index in [1.54, 1.807) is 12.1 Å². The Kier molecular flexibility index (Phi) is 4.94. The molecule has 0 spiro atoms. The molecule has 2 heterocycles. The number of carboxylic acids is 1. The lowest BCUT2D eigenvalue weighted by Crippen LogP contribution is -2.28. The van der Waals surface area contributed by atoms with Gasteiger partial charge in [0.05, 0.1) is 6.42 Å². The van der Waals surface area contributed by atoms with Gasteiger partial charge in [-0.05, 0) is 49.4 Å². The van der Waals surface area contributed by atoms with E-state index in [0.29, 0.717) is 6.54 Å². The first-order valence-electron chi connectivity index (χ1n) is 9.69. The molecule has 0 bridgehead atoms. The van der Waals surface area contributed by atoms with Crippen LogP contribution in [-0.4, -0.2) is 34.1 Å². The van der Waals surface area contributed by atoms with E-state index in [2.05, 4.69) is 41.6 Å². The molecular formula is C23H25FN2O2. The maximum atomic E-state index is 13.4. The number of rotatable bonds is 5. The molecule has 146 valence electrons. The SMILES string of the molecule is Cc1ccc2c(c1)c1c(n2CC(CC(=O)O)c2ccc(F)cc2)CCN(C)C1. The Labute approximate surface area is 164 Å². The summed E-state index contributed by atoms with van der Waals surface area (Å²) in [5, 5.41) is 10.7. The topological polar surface area (TPSA) is 45.5 Å². The van der Waals surface area contributed by atoms with Gasteiger partial charge in [0.2, 0.25) is 0 Å². The number of halogens is 1. The van der Waals surface area contributed by atoms with Crippen molar-refractivity contribution in [2.45, 2.75) is 38.8 Å². The summed E-state index contributed by atoms with van der Waals surface area (Å²) in [6.07, 6.45) is 0.967. The quantitative estimate of drug-likeness (QED) is 0.716. The summed E-state index contributed by atoms with van der Waals surface area (Å²) in [4.78, 5) is 13.9. The zero-order valence-electron chi connectivity index (χ0n) is 16.3. The number of hydrogen-bond donors (Lipinski definition) is 1. The van der Waals surface area contributed by atoms with Crippen molar-refractivity contribution in [3.63, 3.8) is 0 Å². The fourth-order valence-corrected chi connectivity index (χ4v) is 4.36. The number of likely N-dealkylation sites (N-methyl/N-ethyl adjacent to an activating group) is 1. The number of fused-ring (bicyclic) bond motifs is 3. The van der Waals surface area contributed by atoms with Crippen LogP contribution in [0.2, 0.25) is 0 Å². The fraction of sp³-hybridized carbons (Fsp3) is 0.348. The van der Waals surface area contributed by atoms with E-state index in [0.717, 1.165) is 30.6 Å². The van der Waals surface area contributed by atoms with E-state index in [4.69, 9.17) is 0 Å². The highest BCUT2D eigenvalue weighted by Gasteiger charge is 2.25. The largest absolute Gasteiger partial charge is 0.481 e. The van der Waals surface area contributed by atoms with Crippen molar-refractivity contribution in [3.05, 3.63) is 70.7 Å². The van der Waals surface area contributed by atoms with Crippen molar-refractivity contribution in [2.24, 2.45) is 0 Å². The smallest absolute Gasteiger partial charge is 0.304 e. The first kappa shape index (κ1) is 18.7. The summed E-state index contributed by atoms with van der Waals surface area (Å²) in [6, 6.07) is 12.7. The van der Waals surface area contributed by atoms with Crippen LogP contribution >= 0.6 is 0 Å². The van der Waals surface area contributed by atoms with E-state index in [1.165, 1.54) is 34.3 Å². The standard InChI is InChI=1S/C23H25FN2O2/c1-15-3-8-21-19(11-15)20-14-25(2)10-9-22(20)26(21)13-17(12-23(27)28)16-4-6-18(24)7-5-16/h3-8,11,17H,9-10,12-14H2,1-2H3,(H,27,28). The Morgan fingerprint density at radius 1 is 1.21 bits per heavy atom. The summed E-state index contributed by atoms with van der Waals surface area (Å²) >= 11 is 0. The summed E-state index contributed by atoms with van der Waals surface area (Å²) < 4.78 is 15.7. The maximum Gasteiger partial charge on any atom is 0.304 e. The van der Waals surface area contributed by atoms with Gasteiger partial charge in [-0.2, -0.15) is 0 Å². The van der Waals surface area contributed by atoms with Crippen LogP contribution in [0.5, 0.6) is 0 Å². The number of aromatic nitrogens is 1. The summed E-state index contributed by atoms with van der Waals surface area (Å²) in [5.74, 6) is -1.35. The number of carbonyl (C=O) groups is 1. The second-order valence-electron chi connectivity index (χ2n) is 7.89. The van der Waals surface area contributed by atoms with Gasteiger partial charge in [-0.15, -0.1) is 0 Å². The summed E-state index contributed by atoms with van der Waals surface area (Å²) in [6.45, 7) is 4.57. The Balaban J connectivity index is 1.80. The van der Waals surface area contributed by atoms with Gasteiger partial charge in [0.1, 0.15) is 5.82 Å². The van der Waals surface area contributed by atoms with Gasteiger partial charge in [0.25, 0.3) is 0 Å². The molecule has 1 aromatic heterocycles. The van der Waals surface area contributed by atoms with Crippen LogP contribution in [0.1, 0.15) is 34.7 Å².